The summed E-state index contributed by atoms with van der Waals surface area (Å²) in [6.45, 7) is 4.32. The Bertz CT molecular complexity index is 1160. The molecule has 0 aliphatic heterocycles. The number of hydrogen-bond acceptors (Lipinski definition) is 5. The van der Waals surface area contributed by atoms with Crippen LogP contribution >= 0.6 is 0 Å². The van der Waals surface area contributed by atoms with Crippen molar-refractivity contribution in [2.75, 3.05) is 17.9 Å². The Balaban J connectivity index is 1.65. The van der Waals surface area contributed by atoms with Gasteiger partial charge in [0.2, 0.25) is 0 Å². The highest BCUT2D eigenvalue weighted by Crippen LogP contribution is 2.20. The summed E-state index contributed by atoms with van der Waals surface area (Å²) in [6.07, 6.45) is -0.846. The summed E-state index contributed by atoms with van der Waals surface area (Å²) in [4.78, 5) is 12.6. The summed E-state index contributed by atoms with van der Waals surface area (Å²) >= 11 is 0. The molecule has 0 radical (unpaired) electrons. The number of benzene rings is 3. The van der Waals surface area contributed by atoms with Crippen LogP contribution in [0.5, 0.6) is 5.75 Å². The van der Waals surface area contributed by atoms with E-state index in [2.05, 4.69) is 10.0 Å². The minimum Gasteiger partial charge on any atom is -0.494 e. The van der Waals surface area contributed by atoms with E-state index in [1.807, 2.05) is 38.1 Å². The average Bonchev–Trinajstić information content (AvgIpc) is 2.78. The number of aryl methyl sites for hydroxylation is 1. The maximum atomic E-state index is 12.7. The number of rotatable bonds is 9. The quantitative estimate of drug-likeness (QED) is 0.458. The van der Waals surface area contributed by atoms with Gasteiger partial charge in [0, 0.05) is 17.8 Å². The van der Waals surface area contributed by atoms with Crippen LogP contribution in [0.4, 0.5) is 5.69 Å². The number of carbonyl (C=O) groups excluding carboxylic acids is 1. The van der Waals surface area contributed by atoms with Crippen LogP contribution in [0.2, 0.25) is 0 Å². The van der Waals surface area contributed by atoms with Crippen LogP contribution in [-0.4, -0.2) is 32.6 Å². The van der Waals surface area contributed by atoms with E-state index >= 15 is 0 Å². The lowest BCUT2D eigenvalue weighted by Gasteiger charge is -2.13. The molecule has 168 valence electrons. The summed E-state index contributed by atoms with van der Waals surface area (Å²) in [6, 6.07) is 19.6. The number of amides is 1. The highest BCUT2D eigenvalue weighted by atomic mass is 32.2. The molecule has 1 amide bonds. The fourth-order valence-electron chi connectivity index (χ4n) is 3.02. The lowest BCUT2D eigenvalue weighted by Crippen LogP contribution is -2.28. The van der Waals surface area contributed by atoms with Crippen LogP contribution in [0, 0.1) is 6.92 Å². The van der Waals surface area contributed by atoms with Gasteiger partial charge in [-0.3, -0.25) is 9.52 Å². The van der Waals surface area contributed by atoms with Gasteiger partial charge in [-0.15, -0.1) is 0 Å². The van der Waals surface area contributed by atoms with Gasteiger partial charge in [0.1, 0.15) is 5.75 Å². The third-order valence-corrected chi connectivity index (χ3v) is 6.14. The number of carbonyl (C=O) groups is 1. The standard InChI is InChI=1S/C24H26N2O5S/c1-3-31-21-11-13-22(14-12-21)32(29,30)26-20-6-4-5-19(15-20)24(28)25-16-23(27)18-9-7-17(2)8-10-18/h4-15,23,26-27H,3,16H2,1-2H3,(H,25,28). The van der Waals surface area contributed by atoms with Crippen molar-refractivity contribution in [1.29, 1.82) is 0 Å². The molecule has 0 bridgehead atoms. The maximum Gasteiger partial charge on any atom is 0.261 e. The molecule has 0 aromatic heterocycles. The monoisotopic (exact) mass is 454 g/mol. The first-order chi connectivity index (χ1) is 15.3. The van der Waals surface area contributed by atoms with Crippen molar-refractivity contribution in [3.63, 3.8) is 0 Å². The molecule has 3 aromatic carbocycles. The van der Waals surface area contributed by atoms with Gasteiger partial charge in [0.25, 0.3) is 15.9 Å². The first-order valence-corrected chi connectivity index (χ1v) is 11.7. The van der Waals surface area contributed by atoms with Gasteiger partial charge in [-0.1, -0.05) is 35.9 Å². The Labute approximate surface area is 188 Å². The number of hydrogen-bond donors (Lipinski definition) is 3. The number of sulfonamides is 1. The molecule has 0 heterocycles. The fraction of sp³-hybridized carbons (Fsp3) is 0.208. The van der Waals surface area contributed by atoms with Crippen LogP contribution in [-0.2, 0) is 10.0 Å². The van der Waals surface area contributed by atoms with E-state index in [0.717, 1.165) is 5.56 Å². The smallest absolute Gasteiger partial charge is 0.261 e. The van der Waals surface area contributed by atoms with Gasteiger partial charge < -0.3 is 15.2 Å². The molecule has 0 fully saturated rings. The molecule has 1 atom stereocenters. The first kappa shape index (κ1) is 23.3. The van der Waals surface area contributed by atoms with Gasteiger partial charge in [0.05, 0.1) is 17.6 Å². The molecule has 1 unspecified atom stereocenters. The van der Waals surface area contributed by atoms with Crippen LogP contribution in [0.15, 0.2) is 77.7 Å². The SMILES string of the molecule is CCOc1ccc(S(=O)(=O)Nc2cccc(C(=O)NCC(O)c3ccc(C)cc3)c2)cc1. The molecule has 7 nitrogen and oxygen atoms in total. The van der Waals surface area contributed by atoms with Crippen molar-refractivity contribution in [3.8, 4) is 5.75 Å². The molecule has 3 aromatic rings. The van der Waals surface area contributed by atoms with E-state index in [1.54, 1.807) is 30.3 Å². The maximum absolute atomic E-state index is 12.7. The summed E-state index contributed by atoms with van der Waals surface area (Å²) < 4.78 is 33.1. The van der Waals surface area contributed by atoms with Gasteiger partial charge >= 0.3 is 0 Å². The van der Waals surface area contributed by atoms with Crippen LogP contribution in [0.1, 0.15) is 34.5 Å². The largest absolute Gasteiger partial charge is 0.494 e. The molecule has 0 spiro atoms. The molecule has 3 N–H and O–H groups in total. The Morgan fingerprint density at radius 3 is 2.38 bits per heavy atom. The van der Waals surface area contributed by atoms with Gasteiger partial charge in [-0.05, 0) is 61.9 Å². The van der Waals surface area contributed by atoms with E-state index in [1.165, 1.54) is 18.2 Å². The van der Waals surface area contributed by atoms with Crippen molar-refractivity contribution >= 4 is 21.6 Å². The number of ether oxygens (including phenoxy) is 1. The minimum absolute atomic E-state index is 0.0318. The Kier molecular flexibility index (Phi) is 7.50. The van der Waals surface area contributed by atoms with E-state index in [9.17, 15) is 18.3 Å². The predicted molar refractivity (Wildman–Crippen MR) is 123 cm³/mol. The molecule has 0 saturated heterocycles. The zero-order chi connectivity index (χ0) is 23.1. The molecule has 32 heavy (non-hydrogen) atoms. The zero-order valence-corrected chi connectivity index (χ0v) is 18.7. The van der Waals surface area contributed by atoms with Crippen molar-refractivity contribution < 1.29 is 23.1 Å². The van der Waals surface area contributed by atoms with E-state index in [4.69, 9.17) is 4.74 Å². The number of nitrogens with one attached hydrogen (secondary N) is 2. The second-order valence-corrected chi connectivity index (χ2v) is 8.91. The highest BCUT2D eigenvalue weighted by Gasteiger charge is 2.16. The second-order valence-electron chi connectivity index (χ2n) is 7.23. The molecular weight excluding hydrogens is 428 g/mol. The third kappa shape index (κ3) is 6.09. The number of anilines is 1. The highest BCUT2D eigenvalue weighted by molar-refractivity contribution is 7.92. The molecular formula is C24H26N2O5S. The van der Waals surface area contributed by atoms with E-state index < -0.39 is 22.0 Å². The number of aliphatic hydroxyl groups is 1. The Hall–Kier alpha value is -3.36. The van der Waals surface area contributed by atoms with Crippen molar-refractivity contribution in [2.24, 2.45) is 0 Å². The van der Waals surface area contributed by atoms with Crippen LogP contribution in [0.25, 0.3) is 0 Å². The van der Waals surface area contributed by atoms with Crippen molar-refractivity contribution in [2.45, 2.75) is 24.8 Å². The summed E-state index contributed by atoms with van der Waals surface area (Å²) in [5, 5.41) is 13.0. The van der Waals surface area contributed by atoms with Gasteiger partial charge in [-0.25, -0.2) is 8.42 Å². The van der Waals surface area contributed by atoms with E-state index in [0.29, 0.717) is 17.9 Å². The summed E-state index contributed by atoms with van der Waals surface area (Å²) in [7, 11) is -3.83. The molecule has 8 heteroatoms. The third-order valence-electron chi connectivity index (χ3n) is 4.74. The minimum atomic E-state index is -3.83. The number of aliphatic hydroxyl groups excluding tert-OH is 1. The van der Waals surface area contributed by atoms with Crippen molar-refractivity contribution in [1.82, 2.24) is 5.32 Å². The van der Waals surface area contributed by atoms with Crippen molar-refractivity contribution in [3.05, 3.63) is 89.5 Å². The second kappa shape index (κ2) is 10.3. The Morgan fingerprint density at radius 1 is 1.03 bits per heavy atom. The summed E-state index contributed by atoms with van der Waals surface area (Å²) in [5.41, 5.74) is 2.31. The molecule has 0 aliphatic rings. The Morgan fingerprint density at radius 2 is 1.72 bits per heavy atom. The van der Waals surface area contributed by atoms with Gasteiger partial charge in [0.15, 0.2) is 0 Å². The summed E-state index contributed by atoms with van der Waals surface area (Å²) in [5.74, 6) is 0.163. The lowest BCUT2D eigenvalue weighted by molar-refractivity contribution is 0.0916. The van der Waals surface area contributed by atoms with Gasteiger partial charge in [-0.2, -0.15) is 0 Å². The lowest BCUT2D eigenvalue weighted by atomic mass is 10.1. The molecule has 3 rings (SSSR count). The fourth-order valence-corrected chi connectivity index (χ4v) is 4.07. The van der Waals surface area contributed by atoms with Crippen LogP contribution in [0.3, 0.4) is 0 Å². The predicted octanol–water partition coefficient (Wildman–Crippen LogP) is 3.66. The van der Waals surface area contributed by atoms with Crippen LogP contribution < -0.4 is 14.8 Å². The normalized spacial score (nSPS) is 12.1. The molecule has 0 aliphatic carbocycles. The molecule has 0 saturated carbocycles. The average molecular weight is 455 g/mol. The topological polar surface area (TPSA) is 105 Å². The van der Waals surface area contributed by atoms with E-state index in [-0.39, 0.29) is 22.7 Å². The first-order valence-electron chi connectivity index (χ1n) is 10.2. The zero-order valence-electron chi connectivity index (χ0n) is 17.9.